The summed E-state index contributed by atoms with van der Waals surface area (Å²) < 4.78 is 68.7. The van der Waals surface area contributed by atoms with Crippen LogP contribution in [0.25, 0.3) is 0 Å². The molecule has 0 spiro atoms. The van der Waals surface area contributed by atoms with Crippen LogP contribution in [0.2, 0.25) is 0 Å². The highest BCUT2D eigenvalue weighted by Crippen LogP contribution is 2.45. The maximum absolute atomic E-state index is 13.1. The van der Waals surface area contributed by atoms with Gasteiger partial charge < -0.3 is 33.8 Å². The first kappa shape index (κ1) is 97.1. The summed E-state index contributed by atoms with van der Waals surface area (Å²) in [6.07, 6.45) is 60.9. The Morgan fingerprint density at radius 3 is 0.687 bits per heavy atom. The van der Waals surface area contributed by atoms with E-state index in [1.807, 2.05) is 0 Å². The molecule has 0 saturated carbocycles. The van der Waals surface area contributed by atoms with Gasteiger partial charge in [-0.2, -0.15) is 0 Å². The van der Waals surface area contributed by atoms with Gasteiger partial charge in [0.1, 0.15) is 19.3 Å². The van der Waals surface area contributed by atoms with E-state index >= 15 is 0 Å². The Morgan fingerprint density at radius 1 is 0.273 bits per heavy atom. The summed E-state index contributed by atoms with van der Waals surface area (Å²) in [7, 11) is -9.92. The van der Waals surface area contributed by atoms with Crippen LogP contribution in [0.1, 0.15) is 420 Å². The number of hydrogen-bond donors (Lipinski definition) is 3. The van der Waals surface area contributed by atoms with Gasteiger partial charge in [-0.1, -0.05) is 369 Å². The molecule has 0 aliphatic rings. The number of aliphatic hydroxyl groups is 1. The zero-order valence-electron chi connectivity index (χ0n) is 64.8. The maximum Gasteiger partial charge on any atom is 0.472 e. The first-order chi connectivity index (χ1) is 47.9. The molecule has 0 amide bonds. The number of hydrogen-bond acceptors (Lipinski definition) is 15. The number of ether oxygens (including phenoxy) is 4. The summed E-state index contributed by atoms with van der Waals surface area (Å²) in [5.74, 6) is -0.514. The monoisotopic (exact) mass is 1450 g/mol. The fourth-order valence-corrected chi connectivity index (χ4v) is 13.9. The predicted molar refractivity (Wildman–Crippen MR) is 405 cm³/mol. The van der Waals surface area contributed by atoms with E-state index in [1.165, 1.54) is 238 Å². The minimum absolute atomic E-state index is 0.108. The highest BCUT2D eigenvalue weighted by atomic mass is 31.2. The molecular formula is C80H156O17P2. The fourth-order valence-electron chi connectivity index (χ4n) is 12.4. The van der Waals surface area contributed by atoms with Crippen molar-refractivity contribution in [2.75, 3.05) is 39.6 Å². The average Bonchev–Trinajstić information content (AvgIpc) is 0.967. The zero-order valence-corrected chi connectivity index (χ0v) is 66.6. The van der Waals surface area contributed by atoms with Crippen molar-refractivity contribution in [1.29, 1.82) is 0 Å². The van der Waals surface area contributed by atoms with Crippen LogP contribution in [0, 0.1) is 11.8 Å². The molecule has 5 atom stereocenters. The number of phosphoric acid groups is 2. The SMILES string of the molecule is CCCCCCCCCCCCCCCCCC(=O)O[C@H](COC(=O)CCCCCCCCCCCC)COP(=O)(O)OC[C@H](O)COP(=O)(O)OC[C@@H](COC(=O)CCCCCCCCCCCCCCCC(C)C)OC(=O)CCCCCCCCCCCCCCCCCC(C)C. The average molecular weight is 1450 g/mol. The summed E-state index contributed by atoms with van der Waals surface area (Å²) in [4.78, 5) is 73.0. The second kappa shape index (κ2) is 71.7. The van der Waals surface area contributed by atoms with Gasteiger partial charge in [-0.25, -0.2) is 9.13 Å². The molecular weight excluding hydrogens is 1290 g/mol. The Kier molecular flexibility index (Phi) is 70.3. The van der Waals surface area contributed by atoms with Crippen molar-refractivity contribution >= 4 is 39.5 Å². The van der Waals surface area contributed by atoms with E-state index in [0.29, 0.717) is 25.7 Å². The van der Waals surface area contributed by atoms with Crippen LogP contribution in [-0.4, -0.2) is 96.7 Å². The molecule has 0 heterocycles. The standard InChI is InChI=1S/C80H156O17P2/c1-7-9-11-13-15-17-19-20-22-28-34-40-46-52-58-64-79(84)96-75(68-90-77(82)62-56-50-44-38-18-16-14-12-10-8-2)70-94-98(86,87)92-66-74(81)67-93-99(88,89)95-71-76(69-91-78(83)63-57-51-45-39-33-30-25-27-32-37-43-49-55-61-73(5)6)97-80(85)65-59-53-47-41-35-29-24-21-23-26-31-36-42-48-54-60-72(3)4/h72-76,81H,7-71H2,1-6H3,(H,86,87)(H,88,89)/t74-,75+,76+/m0/s1. The van der Waals surface area contributed by atoms with Gasteiger partial charge in [-0.3, -0.25) is 37.3 Å². The molecule has 0 aromatic heterocycles. The summed E-state index contributed by atoms with van der Waals surface area (Å²) in [6.45, 7) is 9.67. The topological polar surface area (TPSA) is 237 Å². The Morgan fingerprint density at radius 2 is 0.465 bits per heavy atom. The predicted octanol–water partition coefficient (Wildman–Crippen LogP) is 23.9. The molecule has 588 valence electrons. The number of carbonyl (C=O) groups is 4. The summed E-state index contributed by atoms with van der Waals surface area (Å²) >= 11 is 0. The van der Waals surface area contributed by atoms with Crippen LogP contribution in [-0.2, 0) is 65.4 Å². The van der Waals surface area contributed by atoms with Crippen molar-refractivity contribution in [3.8, 4) is 0 Å². The quantitative estimate of drug-likeness (QED) is 0.0222. The van der Waals surface area contributed by atoms with Crippen molar-refractivity contribution in [3.63, 3.8) is 0 Å². The van der Waals surface area contributed by atoms with E-state index in [9.17, 15) is 43.2 Å². The van der Waals surface area contributed by atoms with Crippen LogP contribution in [0.5, 0.6) is 0 Å². The molecule has 0 fully saturated rings. The second-order valence-electron chi connectivity index (χ2n) is 29.8. The Hall–Kier alpha value is -1.94. The van der Waals surface area contributed by atoms with Gasteiger partial charge in [0.2, 0.25) is 0 Å². The van der Waals surface area contributed by atoms with E-state index in [-0.39, 0.29) is 25.7 Å². The molecule has 19 heteroatoms. The van der Waals surface area contributed by atoms with Gasteiger partial charge in [0.05, 0.1) is 26.4 Å². The third kappa shape index (κ3) is 74.1. The molecule has 0 aromatic carbocycles. The maximum atomic E-state index is 13.1. The van der Waals surface area contributed by atoms with E-state index in [0.717, 1.165) is 102 Å². The minimum Gasteiger partial charge on any atom is -0.462 e. The Bertz CT molecular complexity index is 1910. The molecule has 0 radical (unpaired) electrons. The minimum atomic E-state index is -4.96. The van der Waals surface area contributed by atoms with E-state index in [2.05, 4.69) is 41.5 Å². The van der Waals surface area contributed by atoms with Crippen molar-refractivity contribution in [3.05, 3.63) is 0 Å². The normalized spacial score (nSPS) is 13.9. The van der Waals surface area contributed by atoms with E-state index in [4.69, 9.17) is 37.0 Å². The highest BCUT2D eigenvalue weighted by Gasteiger charge is 2.30. The van der Waals surface area contributed by atoms with Crippen LogP contribution >= 0.6 is 15.6 Å². The van der Waals surface area contributed by atoms with Crippen LogP contribution < -0.4 is 0 Å². The van der Waals surface area contributed by atoms with Crippen molar-refractivity contribution in [2.24, 2.45) is 11.8 Å². The van der Waals surface area contributed by atoms with Crippen LogP contribution in [0.15, 0.2) is 0 Å². The lowest BCUT2D eigenvalue weighted by molar-refractivity contribution is -0.161. The lowest BCUT2D eigenvalue weighted by Crippen LogP contribution is -2.30. The third-order valence-electron chi connectivity index (χ3n) is 18.7. The van der Waals surface area contributed by atoms with E-state index in [1.54, 1.807) is 0 Å². The number of esters is 4. The molecule has 17 nitrogen and oxygen atoms in total. The van der Waals surface area contributed by atoms with Gasteiger partial charge in [0.25, 0.3) is 0 Å². The fraction of sp³-hybridized carbons (Fsp3) is 0.950. The van der Waals surface area contributed by atoms with Gasteiger partial charge in [0, 0.05) is 25.7 Å². The number of aliphatic hydroxyl groups excluding tert-OH is 1. The van der Waals surface area contributed by atoms with Crippen LogP contribution in [0.3, 0.4) is 0 Å². The smallest absolute Gasteiger partial charge is 0.462 e. The molecule has 99 heavy (non-hydrogen) atoms. The summed E-state index contributed by atoms with van der Waals surface area (Å²) in [5.41, 5.74) is 0. The Labute approximate surface area is 607 Å². The number of unbranched alkanes of at least 4 members (excludes halogenated alkanes) is 49. The number of phosphoric ester groups is 2. The van der Waals surface area contributed by atoms with Crippen molar-refractivity contribution < 1.29 is 80.2 Å². The molecule has 0 bridgehead atoms. The molecule has 0 aliphatic heterocycles. The molecule has 3 N–H and O–H groups in total. The number of rotatable bonds is 79. The van der Waals surface area contributed by atoms with Gasteiger partial charge in [-0.05, 0) is 37.5 Å². The van der Waals surface area contributed by atoms with Crippen LogP contribution in [0.4, 0.5) is 0 Å². The van der Waals surface area contributed by atoms with Gasteiger partial charge in [-0.15, -0.1) is 0 Å². The largest absolute Gasteiger partial charge is 0.472 e. The molecule has 0 saturated heterocycles. The second-order valence-corrected chi connectivity index (χ2v) is 32.7. The van der Waals surface area contributed by atoms with Crippen molar-refractivity contribution in [1.82, 2.24) is 0 Å². The zero-order chi connectivity index (χ0) is 72.8. The first-order valence-corrected chi connectivity index (χ1v) is 44.5. The highest BCUT2D eigenvalue weighted by molar-refractivity contribution is 7.47. The van der Waals surface area contributed by atoms with Gasteiger partial charge >= 0.3 is 39.5 Å². The summed E-state index contributed by atoms with van der Waals surface area (Å²) in [6, 6.07) is 0. The van der Waals surface area contributed by atoms with Crippen molar-refractivity contribution in [2.45, 2.75) is 439 Å². The first-order valence-electron chi connectivity index (χ1n) is 41.5. The molecule has 2 unspecified atom stereocenters. The molecule has 0 aliphatic carbocycles. The number of carbonyl (C=O) groups excluding carboxylic acids is 4. The lowest BCUT2D eigenvalue weighted by atomic mass is 10.0. The van der Waals surface area contributed by atoms with E-state index < -0.39 is 97.5 Å². The lowest BCUT2D eigenvalue weighted by Gasteiger charge is -2.21. The Balaban J connectivity index is 5.24. The summed E-state index contributed by atoms with van der Waals surface area (Å²) in [5, 5.41) is 10.6. The molecule has 0 rings (SSSR count). The third-order valence-corrected chi connectivity index (χ3v) is 20.6. The molecule has 0 aromatic rings. The van der Waals surface area contributed by atoms with Gasteiger partial charge in [0.15, 0.2) is 12.2 Å².